The van der Waals surface area contributed by atoms with Gasteiger partial charge in [0.1, 0.15) is 0 Å². The summed E-state index contributed by atoms with van der Waals surface area (Å²) in [6, 6.07) is 0.513. The zero-order chi connectivity index (χ0) is 12.0. The van der Waals surface area contributed by atoms with Crippen LogP contribution in [0.2, 0.25) is 0 Å². The third kappa shape index (κ3) is 5.78. The molecule has 0 radical (unpaired) electrons. The van der Waals surface area contributed by atoms with Gasteiger partial charge in [0.15, 0.2) is 0 Å². The second-order valence-corrected chi connectivity index (χ2v) is 4.81. The minimum atomic E-state index is -0.111. The summed E-state index contributed by atoms with van der Waals surface area (Å²) in [5, 5.41) is 6.27. The fourth-order valence-corrected chi connectivity index (χ4v) is 1.59. The van der Waals surface area contributed by atoms with Gasteiger partial charge in [0.05, 0.1) is 6.04 Å². The van der Waals surface area contributed by atoms with Crippen molar-refractivity contribution < 1.29 is 4.79 Å². The molecule has 0 aromatic heterocycles. The normalized spacial score (nSPS) is 15.5. The molecule has 3 heteroatoms. The molecule has 2 unspecified atom stereocenters. The van der Waals surface area contributed by atoms with Crippen molar-refractivity contribution in [3.63, 3.8) is 0 Å². The minimum absolute atomic E-state index is 0.0871. The second kappa shape index (κ2) is 6.83. The third-order valence-electron chi connectivity index (χ3n) is 2.53. The van der Waals surface area contributed by atoms with Crippen LogP contribution >= 0.6 is 0 Å². The standard InChI is InChI=1S/C12H26N2O/c1-7-11(8(2)3)14-10(6)12(15)13-9(4)5/h8-11,14H,7H2,1-6H3,(H,13,15). The molecule has 2 N–H and O–H groups in total. The summed E-state index contributed by atoms with van der Waals surface area (Å²) in [6.07, 6.45) is 1.05. The van der Waals surface area contributed by atoms with Crippen LogP contribution in [0.4, 0.5) is 0 Å². The number of hydrogen-bond acceptors (Lipinski definition) is 2. The molecule has 0 saturated carbocycles. The molecule has 1 amide bonds. The van der Waals surface area contributed by atoms with Crippen LogP contribution in [0.15, 0.2) is 0 Å². The Morgan fingerprint density at radius 1 is 1.13 bits per heavy atom. The van der Waals surface area contributed by atoms with Gasteiger partial charge in [0.2, 0.25) is 5.91 Å². The van der Waals surface area contributed by atoms with E-state index in [-0.39, 0.29) is 18.0 Å². The van der Waals surface area contributed by atoms with E-state index in [2.05, 4.69) is 31.4 Å². The lowest BCUT2D eigenvalue weighted by Gasteiger charge is -2.25. The Balaban J connectivity index is 4.10. The molecule has 0 aromatic carbocycles. The largest absolute Gasteiger partial charge is 0.353 e. The van der Waals surface area contributed by atoms with Crippen LogP contribution in [0.1, 0.15) is 48.0 Å². The first-order chi connectivity index (χ1) is 6.88. The summed E-state index contributed by atoms with van der Waals surface area (Å²) < 4.78 is 0. The van der Waals surface area contributed by atoms with Crippen molar-refractivity contribution in [3.05, 3.63) is 0 Å². The molecule has 3 nitrogen and oxygen atoms in total. The first-order valence-electron chi connectivity index (χ1n) is 5.94. The van der Waals surface area contributed by atoms with E-state index in [1.165, 1.54) is 0 Å². The van der Waals surface area contributed by atoms with Gasteiger partial charge in [-0.05, 0) is 33.1 Å². The number of amides is 1. The van der Waals surface area contributed by atoms with Gasteiger partial charge in [0.25, 0.3) is 0 Å². The van der Waals surface area contributed by atoms with E-state index in [4.69, 9.17) is 0 Å². The van der Waals surface area contributed by atoms with Crippen LogP contribution in [0.25, 0.3) is 0 Å². The van der Waals surface area contributed by atoms with Crippen molar-refractivity contribution >= 4 is 5.91 Å². The van der Waals surface area contributed by atoms with Crippen LogP contribution < -0.4 is 10.6 Å². The summed E-state index contributed by atoms with van der Waals surface area (Å²) in [7, 11) is 0. The van der Waals surface area contributed by atoms with E-state index in [9.17, 15) is 4.79 Å². The highest BCUT2D eigenvalue weighted by molar-refractivity contribution is 5.81. The average Bonchev–Trinajstić information content (AvgIpc) is 2.11. The smallest absolute Gasteiger partial charge is 0.237 e. The van der Waals surface area contributed by atoms with Gasteiger partial charge in [0, 0.05) is 12.1 Å². The summed E-state index contributed by atoms with van der Waals surface area (Å²) >= 11 is 0. The van der Waals surface area contributed by atoms with Gasteiger partial charge in [-0.25, -0.2) is 0 Å². The quantitative estimate of drug-likeness (QED) is 0.709. The molecule has 0 bridgehead atoms. The van der Waals surface area contributed by atoms with Crippen LogP contribution in [-0.4, -0.2) is 24.0 Å². The number of hydrogen-bond donors (Lipinski definition) is 2. The van der Waals surface area contributed by atoms with Crippen molar-refractivity contribution in [2.24, 2.45) is 5.92 Å². The second-order valence-electron chi connectivity index (χ2n) is 4.81. The van der Waals surface area contributed by atoms with E-state index in [0.29, 0.717) is 12.0 Å². The van der Waals surface area contributed by atoms with E-state index < -0.39 is 0 Å². The van der Waals surface area contributed by atoms with Crippen molar-refractivity contribution in [2.45, 2.75) is 66.1 Å². The Bertz CT molecular complexity index is 190. The summed E-state index contributed by atoms with van der Waals surface area (Å²) in [4.78, 5) is 11.7. The van der Waals surface area contributed by atoms with Gasteiger partial charge in [-0.2, -0.15) is 0 Å². The molecule has 0 aliphatic carbocycles. The SMILES string of the molecule is CCC(NC(C)C(=O)NC(C)C)C(C)C. The molecular weight excluding hydrogens is 188 g/mol. The van der Waals surface area contributed by atoms with Gasteiger partial charge >= 0.3 is 0 Å². The Kier molecular flexibility index (Phi) is 6.57. The fourth-order valence-electron chi connectivity index (χ4n) is 1.59. The Morgan fingerprint density at radius 2 is 1.67 bits per heavy atom. The Morgan fingerprint density at radius 3 is 2.00 bits per heavy atom. The number of carbonyl (C=O) groups excluding carboxylic acids is 1. The Hall–Kier alpha value is -0.570. The van der Waals surface area contributed by atoms with Crippen molar-refractivity contribution in [2.75, 3.05) is 0 Å². The lowest BCUT2D eigenvalue weighted by Crippen LogP contribution is -2.49. The monoisotopic (exact) mass is 214 g/mol. The van der Waals surface area contributed by atoms with Gasteiger partial charge in [-0.15, -0.1) is 0 Å². The molecule has 0 saturated heterocycles. The molecule has 15 heavy (non-hydrogen) atoms. The van der Waals surface area contributed by atoms with Crippen LogP contribution in [0, 0.1) is 5.92 Å². The summed E-state index contributed by atoms with van der Waals surface area (Å²) in [5.74, 6) is 0.647. The van der Waals surface area contributed by atoms with Crippen molar-refractivity contribution in [1.29, 1.82) is 0 Å². The molecular formula is C12H26N2O. The van der Waals surface area contributed by atoms with Crippen LogP contribution in [0.3, 0.4) is 0 Å². The summed E-state index contributed by atoms with van der Waals surface area (Å²) in [5.41, 5.74) is 0. The molecule has 0 rings (SSSR count). The number of nitrogens with one attached hydrogen (secondary N) is 2. The van der Waals surface area contributed by atoms with Gasteiger partial charge < -0.3 is 10.6 Å². The maximum atomic E-state index is 11.7. The predicted octanol–water partition coefficient (Wildman–Crippen LogP) is 1.92. The van der Waals surface area contributed by atoms with Gasteiger partial charge in [-0.3, -0.25) is 4.79 Å². The highest BCUT2D eigenvalue weighted by Crippen LogP contribution is 2.06. The molecule has 0 heterocycles. The van der Waals surface area contributed by atoms with Crippen LogP contribution in [0.5, 0.6) is 0 Å². The molecule has 0 aliphatic rings. The van der Waals surface area contributed by atoms with Gasteiger partial charge in [-0.1, -0.05) is 20.8 Å². The van der Waals surface area contributed by atoms with E-state index >= 15 is 0 Å². The van der Waals surface area contributed by atoms with E-state index in [1.807, 2.05) is 20.8 Å². The lowest BCUT2D eigenvalue weighted by atomic mass is 10.0. The molecule has 2 atom stereocenters. The molecule has 0 spiro atoms. The minimum Gasteiger partial charge on any atom is -0.353 e. The van der Waals surface area contributed by atoms with Crippen molar-refractivity contribution in [3.8, 4) is 0 Å². The average molecular weight is 214 g/mol. The number of carbonyl (C=O) groups is 1. The molecule has 0 aliphatic heterocycles. The lowest BCUT2D eigenvalue weighted by molar-refractivity contribution is -0.123. The first-order valence-corrected chi connectivity index (χ1v) is 5.94. The maximum Gasteiger partial charge on any atom is 0.237 e. The molecule has 0 fully saturated rings. The Labute approximate surface area is 94.0 Å². The maximum absolute atomic E-state index is 11.7. The first kappa shape index (κ1) is 14.4. The predicted molar refractivity (Wildman–Crippen MR) is 64.8 cm³/mol. The number of rotatable bonds is 6. The molecule has 90 valence electrons. The van der Waals surface area contributed by atoms with E-state index in [1.54, 1.807) is 0 Å². The zero-order valence-electron chi connectivity index (χ0n) is 10.9. The van der Waals surface area contributed by atoms with E-state index in [0.717, 1.165) is 6.42 Å². The van der Waals surface area contributed by atoms with Crippen LogP contribution in [-0.2, 0) is 4.79 Å². The van der Waals surface area contributed by atoms with Crippen molar-refractivity contribution in [1.82, 2.24) is 10.6 Å². The topological polar surface area (TPSA) is 41.1 Å². The fraction of sp³-hybridized carbons (Fsp3) is 0.917. The highest BCUT2D eigenvalue weighted by Gasteiger charge is 2.18. The molecule has 0 aromatic rings. The highest BCUT2D eigenvalue weighted by atomic mass is 16.2. The summed E-state index contributed by atoms with van der Waals surface area (Å²) in [6.45, 7) is 12.4. The third-order valence-corrected chi connectivity index (χ3v) is 2.53. The zero-order valence-corrected chi connectivity index (χ0v) is 10.9.